The molecule has 0 aromatic rings. The first kappa shape index (κ1) is 14.9. The summed E-state index contributed by atoms with van der Waals surface area (Å²) >= 11 is 0. The van der Waals surface area contributed by atoms with Crippen molar-refractivity contribution in [2.75, 3.05) is 13.2 Å². The van der Waals surface area contributed by atoms with Crippen LogP contribution in [-0.2, 0) is 14.3 Å². The van der Waals surface area contributed by atoms with E-state index in [9.17, 15) is 9.59 Å². The van der Waals surface area contributed by atoms with Gasteiger partial charge in [0.05, 0.1) is 13.2 Å². The van der Waals surface area contributed by atoms with Crippen molar-refractivity contribution in [3.05, 3.63) is 0 Å². The van der Waals surface area contributed by atoms with Crippen molar-refractivity contribution in [3.63, 3.8) is 0 Å². The summed E-state index contributed by atoms with van der Waals surface area (Å²) in [7, 11) is 0. The molecule has 0 radical (unpaired) electrons. The summed E-state index contributed by atoms with van der Waals surface area (Å²) in [5.74, 6) is -0.692. The fourth-order valence-electron chi connectivity index (χ4n) is 1.19. The Labute approximate surface area is 96.7 Å². The van der Waals surface area contributed by atoms with E-state index in [0.717, 1.165) is 12.8 Å². The van der Waals surface area contributed by atoms with Gasteiger partial charge in [-0.2, -0.15) is 0 Å². The van der Waals surface area contributed by atoms with Gasteiger partial charge in [-0.15, -0.1) is 0 Å². The first-order valence-corrected chi connectivity index (χ1v) is 5.56. The first-order valence-electron chi connectivity index (χ1n) is 5.56. The molecular weight excluding hydrogens is 208 g/mol. The number of hydrogen-bond acceptors (Lipinski definition) is 4. The number of unbranched alkanes of at least 4 members (excludes halogenated alkanes) is 1. The van der Waals surface area contributed by atoms with Crippen LogP contribution in [0.25, 0.3) is 0 Å². The fraction of sp³-hybridized carbons (Fsp3) is 0.818. The van der Waals surface area contributed by atoms with Crippen LogP contribution in [0.3, 0.4) is 0 Å². The normalized spacial score (nSPS) is 11.2. The van der Waals surface area contributed by atoms with Gasteiger partial charge < -0.3 is 15.8 Å². The van der Waals surface area contributed by atoms with Crippen LogP contribution in [-0.4, -0.2) is 30.6 Å². The minimum absolute atomic E-state index is 0.101. The molecule has 94 valence electrons. The number of amides is 1. The molecule has 5 nitrogen and oxygen atoms in total. The molecule has 3 N–H and O–H groups in total. The summed E-state index contributed by atoms with van der Waals surface area (Å²) in [5.41, 5.74) is 4.61. The van der Waals surface area contributed by atoms with Gasteiger partial charge in [-0.25, -0.2) is 0 Å². The second-order valence-corrected chi connectivity index (χ2v) is 4.45. The molecule has 0 unspecified atom stereocenters. The number of nitrogens with two attached hydrogens (primary N) is 1. The molecule has 0 saturated carbocycles. The van der Waals surface area contributed by atoms with Gasteiger partial charge in [0, 0.05) is 12.0 Å². The third-order valence-corrected chi connectivity index (χ3v) is 2.09. The zero-order chi connectivity index (χ0) is 12.6. The monoisotopic (exact) mass is 230 g/mol. The fourth-order valence-corrected chi connectivity index (χ4v) is 1.19. The average molecular weight is 230 g/mol. The summed E-state index contributed by atoms with van der Waals surface area (Å²) in [4.78, 5) is 22.0. The Morgan fingerprint density at radius 2 is 2.00 bits per heavy atom. The third-order valence-electron chi connectivity index (χ3n) is 2.09. The summed E-state index contributed by atoms with van der Waals surface area (Å²) in [6, 6.07) is 0. The number of esters is 1. The lowest BCUT2D eigenvalue weighted by molar-refractivity contribution is -0.143. The predicted octanol–water partition coefficient (Wildman–Crippen LogP) is 0.573. The molecule has 0 saturated heterocycles. The first-order chi connectivity index (χ1) is 7.37. The van der Waals surface area contributed by atoms with Gasteiger partial charge in [0.25, 0.3) is 0 Å². The van der Waals surface area contributed by atoms with E-state index in [-0.39, 0.29) is 18.9 Å². The van der Waals surface area contributed by atoms with Gasteiger partial charge in [0.1, 0.15) is 0 Å². The maximum atomic E-state index is 11.2. The predicted molar refractivity (Wildman–Crippen MR) is 61.8 cm³/mol. The molecule has 0 spiro atoms. The van der Waals surface area contributed by atoms with Crippen LogP contribution in [0.1, 0.15) is 40.0 Å². The number of carbonyl (C=O) groups is 2. The van der Waals surface area contributed by atoms with E-state index in [4.69, 9.17) is 10.5 Å². The van der Waals surface area contributed by atoms with E-state index in [1.54, 1.807) is 0 Å². The average Bonchev–Trinajstić information content (AvgIpc) is 2.13. The lowest BCUT2D eigenvalue weighted by atomic mass is 10.0. The maximum absolute atomic E-state index is 11.2. The molecule has 0 aliphatic carbocycles. The summed E-state index contributed by atoms with van der Waals surface area (Å²) in [5, 5.41) is 2.94. The highest BCUT2D eigenvalue weighted by molar-refractivity contribution is 5.75. The van der Waals surface area contributed by atoms with E-state index in [1.807, 2.05) is 20.8 Å². The molecule has 0 bridgehead atoms. The Morgan fingerprint density at radius 3 is 2.50 bits per heavy atom. The second kappa shape index (κ2) is 7.22. The summed E-state index contributed by atoms with van der Waals surface area (Å²) < 4.78 is 4.97. The van der Waals surface area contributed by atoms with Crippen LogP contribution in [0, 0.1) is 0 Å². The topological polar surface area (TPSA) is 81.4 Å². The molecule has 1 amide bonds. The summed E-state index contributed by atoms with van der Waals surface area (Å²) in [6.45, 7) is 6.22. The molecule has 5 heteroatoms. The highest BCUT2D eigenvalue weighted by atomic mass is 16.5. The Hall–Kier alpha value is -1.10. The van der Waals surface area contributed by atoms with E-state index in [2.05, 4.69) is 5.32 Å². The van der Waals surface area contributed by atoms with Crippen molar-refractivity contribution in [1.29, 1.82) is 0 Å². The van der Waals surface area contributed by atoms with Crippen molar-refractivity contribution in [1.82, 2.24) is 5.32 Å². The Bertz CT molecular complexity index is 239. The van der Waals surface area contributed by atoms with Gasteiger partial charge in [-0.3, -0.25) is 9.59 Å². The van der Waals surface area contributed by atoms with Gasteiger partial charge in [-0.1, -0.05) is 13.3 Å². The largest absolute Gasteiger partial charge is 0.465 e. The minimum Gasteiger partial charge on any atom is -0.465 e. The maximum Gasteiger partial charge on any atom is 0.319 e. The molecule has 0 aliphatic rings. The molecule has 0 fully saturated rings. The van der Waals surface area contributed by atoms with Crippen molar-refractivity contribution < 1.29 is 14.3 Å². The molecule has 0 aliphatic heterocycles. The Morgan fingerprint density at radius 1 is 1.38 bits per heavy atom. The van der Waals surface area contributed by atoms with E-state index in [1.165, 1.54) is 0 Å². The lowest BCUT2D eigenvalue weighted by Gasteiger charge is -2.24. The van der Waals surface area contributed by atoms with Gasteiger partial charge in [0.15, 0.2) is 0 Å². The lowest BCUT2D eigenvalue weighted by Crippen LogP contribution is -2.45. The van der Waals surface area contributed by atoms with Crippen molar-refractivity contribution in [2.24, 2.45) is 5.73 Å². The van der Waals surface area contributed by atoms with Crippen LogP contribution in [0.15, 0.2) is 0 Å². The number of primary amides is 1. The van der Waals surface area contributed by atoms with Crippen LogP contribution >= 0.6 is 0 Å². The molecule has 0 aromatic carbocycles. The molecule has 0 rings (SSSR count). The third kappa shape index (κ3) is 8.23. The molecule has 0 aromatic heterocycles. The molecule has 16 heavy (non-hydrogen) atoms. The van der Waals surface area contributed by atoms with E-state index in [0.29, 0.717) is 6.61 Å². The highest BCUT2D eigenvalue weighted by Gasteiger charge is 2.21. The van der Waals surface area contributed by atoms with Gasteiger partial charge >= 0.3 is 5.97 Å². The quantitative estimate of drug-likeness (QED) is 0.472. The van der Waals surface area contributed by atoms with Crippen LogP contribution in [0.5, 0.6) is 0 Å². The summed E-state index contributed by atoms with van der Waals surface area (Å²) in [6.07, 6.45) is 2.06. The molecule has 0 heterocycles. The van der Waals surface area contributed by atoms with Crippen LogP contribution in [0.2, 0.25) is 0 Å². The highest BCUT2D eigenvalue weighted by Crippen LogP contribution is 2.06. The zero-order valence-corrected chi connectivity index (χ0v) is 10.3. The number of ether oxygens (including phenoxy) is 1. The Balaban J connectivity index is 3.77. The zero-order valence-electron chi connectivity index (χ0n) is 10.3. The van der Waals surface area contributed by atoms with E-state index < -0.39 is 11.4 Å². The van der Waals surface area contributed by atoms with Gasteiger partial charge in [-0.05, 0) is 20.3 Å². The number of hydrogen-bond donors (Lipinski definition) is 2. The second-order valence-electron chi connectivity index (χ2n) is 4.45. The molecular formula is C11H22N2O3. The standard InChI is InChI=1S/C11H22N2O3/c1-4-5-6-16-10(15)8-13-11(2,3)7-9(12)14/h13H,4-8H2,1-3H3,(H2,12,14). The minimum atomic E-state index is -0.477. The molecule has 0 atom stereocenters. The SMILES string of the molecule is CCCCOC(=O)CNC(C)(C)CC(N)=O. The van der Waals surface area contributed by atoms with Crippen LogP contribution in [0.4, 0.5) is 0 Å². The van der Waals surface area contributed by atoms with E-state index >= 15 is 0 Å². The number of nitrogens with one attached hydrogen (secondary N) is 1. The van der Waals surface area contributed by atoms with Crippen molar-refractivity contribution >= 4 is 11.9 Å². The Kier molecular flexibility index (Phi) is 6.72. The van der Waals surface area contributed by atoms with Crippen LogP contribution < -0.4 is 11.1 Å². The smallest absolute Gasteiger partial charge is 0.319 e. The number of carbonyl (C=O) groups excluding carboxylic acids is 2. The van der Waals surface area contributed by atoms with Gasteiger partial charge in [0.2, 0.25) is 5.91 Å². The van der Waals surface area contributed by atoms with Crippen molar-refractivity contribution in [2.45, 2.75) is 45.6 Å². The van der Waals surface area contributed by atoms with Crippen molar-refractivity contribution in [3.8, 4) is 0 Å². The number of rotatable bonds is 8.